The molecule has 0 aromatic rings. The van der Waals surface area contributed by atoms with Crippen molar-refractivity contribution in [3.8, 4) is 0 Å². The Kier molecular flexibility index (Phi) is 3.10. The number of hydrogen-bond acceptors (Lipinski definition) is 3. The van der Waals surface area contributed by atoms with Gasteiger partial charge in [0.2, 0.25) is 0 Å². The molecule has 82 valence electrons. The van der Waals surface area contributed by atoms with Crippen LogP contribution < -0.4 is 5.73 Å². The molecule has 0 aliphatic carbocycles. The molecule has 3 nitrogen and oxygen atoms in total. The minimum Gasteiger partial charge on any atom is -0.379 e. The molecule has 2 heterocycles. The van der Waals surface area contributed by atoms with E-state index >= 15 is 0 Å². The van der Waals surface area contributed by atoms with Crippen molar-refractivity contribution >= 4 is 0 Å². The van der Waals surface area contributed by atoms with Crippen molar-refractivity contribution in [1.82, 2.24) is 4.90 Å². The van der Waals surface area contributed by atoms with Gasteiger partial charge in [0.1, 0.15) is 0 Å². The van der Waals surface area contributed by atoms with Crippen LogP contribution in [-0.4, -0.2) is 42.8 Å². The molecular formula is C11H22N2O. The zero-order chi connectivity index (χ0) is 10.0. The number of likely N-dealkylation sites (tertiary alicyclic amines) is 1. The van der Waals surface area contributed by atoms with Crippen molar-refractivity contribution in [3.05, 3.63) is 0 Å². The van der Waals surface area contributed by atoms with Crippen LogP contribution in [0.25, 0.3) is 0 Å². The van der Waals surface area contributed by atoms with Crippen LogP contribution in [0.2, 0.25) is 0 Å². The summed E-state index contributed by atoms with van der Waals surface area (Å²) in [4.78, 5) is 2.58. The van der Waals surface area contributed by atoms with Gasteiger partial charge < -0.3 is 10.5 Å². The van der Waals surface area contributed by atoms with E-state index in [9.17, 15) is 0 Å². The summed E-state index contributed by atoms with van der Waals surface area (Å²) in [6, 6.07) is 0.393. The van der Waals surface area contributed by atoms with E-state index in [1.807, 2.05) is 0 Å². The Bertz CT molecular complexity index is 190. The van der Waals surface area contributed by atoms with Crippen molar-refractivity contribution in [2.24, 2.45) is 5.73 Å². The van der Waals surface area contributed by atoms with Crippen LogP contribution in [0.5, 0.6) is 0 Å². The average Bonchev–Trinajstić information content (AvgIpc) is 2.75. The molecule has 0 aromatic heterocycles. The molecule has 0 saturated carbocycles. The van der Waals surface area contributed by atoms with Gasteiger partial charge in [-0.25, -0.2) is 0 Å². The third-order valence-corrected chi connectivity index (χ3v) is 3.69. The molecule has 2 aliphatic heterocycles. The van der Waals surface area contributed by atoms with E-state index in [1.165, 1.54) is 25.8 Å². The van der Waals surface area contributed by atoms with E-state index in [1.54, 1.807) is 0 Å². The van der Waals surface area contributed by atoms with Crippen LogP contribution in [0, 0.1) is 0 Å². The van der Waals surface area contributed by atoms with E-state index in [-0.39, 0.29) is 0 Å². The predicted molar refractivity (Wildman–Crippen MR) is 57.2 cm³/mol. The molecule has 2 fully saturated rings. The fraction of sp³-hybridized carbons (Fsp3) is 1.00. The Morgan fingerprint density at radius 3 is 2.93 bits per heavy atom. The Hall–Kier alpha value is -0.120. The standard InChI is InChI=1S/C11H22N2O/c1-2-4-11(5-7-14-9-11)13-6-3-10(12)8-13/h10H,2-9,12H2,1H3. The summed E-state index contributed by atoms with van der Waals surface area (Å²) in [5, 5.41) is 0. The smallest absolute Gasteiger partial charge is 0.0651 e. The summed E-state index contributed by atoms with van der Waals surface area (Å²) in [5.41, 5.74) is 6.30. The first-order chi connectivity index (χ1) is 6.77. The van der Waals surface area contributed by atoms with Gasteiger partial charge in [0.25, 0.3) is 0 Å². The first-order valence-electron chi connectivity index (χ1n) is 5.85. The predicted octanol–water partition coefficient (Wildman–Crippen LogP) is 0.979. The maximum absolute atomic E-state index is 5.97. The molecule has 14 heavy (non-hydrogen) atoms. The summed E-state index contributed by atoms with van der Waals surface area (Å²) >= 11 is 0. The summed E-state index contributed by atoms with van der Waals surface area (Å²) < 4.78 is 5.58. The SMILES string of the molecule is CCCC1(N2CCC(N)C2)CCOC1. The maximum atomic E-state index is 5.97. The van der Waals surface area contributed by atoms with Gasteiger partial charge in [-0.1, -0.05) is 13.3 Å². The van der Waals surface area contributed by atoms with Gasteiger partial charge in [0.15, 0.2) is 0 Å². The highest BCUT2D eigenvalue weighted by molar-refractivity contribution is 4.97. The van der Waals surface area contributed by atoms with Crippen LogP contribution in [-0.2, 0) is 4.74 Å². The van der Waals surface area contributed by atoms with E-state index in [4.69, 9.17) is 10.5 Å². The molecule has 2 rings (SSSR count). The van der Waals surface area contributed by atoms with Crippen molar-refractivity contribution in [2.75, 3.05) is 26.3 Å². The normalized spacial score (nSPS) is 39.4. The highest BCUT2D eigenvalue weighted by Gasteiger charge is 2.42. The second kappa shape index (κ2) is 4.17. The Balaban J connectivity index is 2.02. The van der Waals surface area contributed by atoms with Crippen LogP contribution >= 0.6 is 0 Å². The van der Waals surface area contributed by atoms with E-state index in [0.717, 1.165) is 26.2 Å². The summed E-state index contributed by atoms with van der Waals surface area (Å²) in [6.07, 6.45) is 4.87. The number of rotatable bonds is 3. The molecule has 0 aromatic carbocycles. The van der Waals surface area contributed by atoms with Crippen LogP contribution in [0.15, 0.2) is 0 Å². The molecule has 0 radical (unpaired) electrons. The van der Waals surface area contributed by atoms with Gasteiger partial charge in [-0.15, -0.1) is 0 Å². The Labute approximate surface area is 86.6 Å². The van der Waals surface area contributed by atoms with E-state index < -0.39 is 0 Å². The van der Waals surface area contributed by atoms with Gasteiger partial charge in [-0.05, 0) is 19.3 Å². The van der Waals surface area contributed by atoms with E-state index in [2.05, 4.69) is 11.8 Å². The monoisotopic (exact) mass is 198 g/mol. The fourth-order valence-corrected chi connectivity index (χ4v) is 2.88. The lowest BCUT2D eigenvalue weighted by Crippen LogP contribution is -2.48. The largest absolute Gasteiger partial charge is 0.379 e. The number of nitrogens with zero attached hydrogens (tertiary/aromatic N) is 1. The molecule has 2 atom stereocenters. The molecule has 2 aliphatic rings. The van der Waals surface area contributed by atoms with Crippen molar-refractivity contribution in [2.45, 2.75) is 44.2 Å². The van der Waals surface area contributed by atoms with Crippen LogP contribution in [0.3, 0.4) is 0 Å². The number of hydrogen-bond donors (Lipinski definition) is 1. The molecular weight excluding hydrogens is 176 g/mol. The van der Waals surface area contributed by atoms with Crippen molar-refractivity contribution < 1.29 is 4.74 Å². The number of ether oxygens (including phenoxy) is 1. The topological polar surface area (TPSA) is 38.5 Å². The first-order valence-corrected chi connectivity index (χ1v) is 5.85. The van der Waals surface area contributed by atoms with Gasteiger partial charge in [-0.3, -0.25) is 4.90 Å². The molecule has 0 spiro atoms. The average molecular weight is 198 g/mol. The molecule has 2 saturated heterocycles. The van der Waals surface area contributed by atoms with Crippen molar-refractivity contribution in [3.63, 3.8) is 0 Å². The van der Waals surface area contributed by atoms with Gasteiger partial charge >= 0.3 is 0 Å². The van der Waals surface area contributed by atoms with Gasteiger partial charge in [0.05, 0.1) is 6.61 Å². The Morgan fingerprint density at radius 2 is 2.43 bits per heavy atom. The fourth-order valence-electron chi connectivity index (χ4n) is 2.88. The second-order valence-corrected chi connectivity index (χ2v) is 4.77. The minimum absolute atomic E-state index is 0.336. The lowest BCUT2D eigenvalue weighted by Gasteiger charge is -2.37. The van der Waals surface area contributed by atoms with Crippen molar-refractivity contribution in [1.29, 1.82) is 0 Å². The summed E-state index contributed by atoms with van der Waals surface area (Å²) in [5.74, 6) is 0. The van der Waals surface area contributed by atoms with Crippen LogP contribution in [0.1, 0.15) is 32.6 Å². The molecule has 0 bridgehead atoms. The van der Waals surface area contributed by atoms with Gasteiger partial charge in [0, 0.05) is 31.3 Å². The molecule has 3 heteroatoms. The third-order valence-electron chi connectivity index (χ3n) is 3.69. The first kappa shape index (κ1) is 10.4. The second-order valence-electron chi connectivity index (χ2n) is 4.77. The highest BCUT2D eigenvalue weighted by atomic mass is 16.5. The zero-order valence-electron chi connectivity index (χ0n) is 9.17. The minimum atomic E-state index is 0.336. The summed E-state index contributed by atoms with van der Waals surface area (Å²) in [6.45, 7) is 6.36. The third kappa shape index (κ3) is 1.81. The summed E-state index contributed by atoms with van der Waals surface area (Å²) in [7, 11) is 0. The maximum Gasteiger partial charge on any atom is 0.0651 e. The zero-order valence-corrected chi connectivity index (χ0v) is 9.17. The molecule has 2 unspecified atom stereocenters. The Morgan fingerprint density at radius 1 is 1.57 bits per heavy atom. The van der Waals surface area contributed by atoms with Crippen LogP contribution in [0.4, 0.5) is 0 Å². The highest BCUT2D eigenvalue weighted by Crippen LogP contribution is 2.33. The molecule has 0 amide bonds. The lowest BCUT2D eigenvalue weighted by atomic mass is 9.91. The quantitative estimate of drug-likeness (QED) is 0.734. The number of nitrogens with two attached hydrogens (primary N) is 1. The lowest BCUT2D eigenvalue weighted by molar-refractivity contribution is 0.0772. The molecule has 2 N–H and O–H groups in total. The van der Waals surface area contributed by atoms with E-state index in [0.29, 0.717) is 11.6 Å². The van der Waals surface area contributed by atoms with Gasteiger partial charge in [-0.2, -0.15) is 0 Å².